The lowest BCUT2D eigenvalue weighted by molar-refractivity contribution is 0.265. The first kappa shape index (κ1) is 10.1. The van der Waals surface area contributed by atoms with Crippen LogP contribution in [0.4, 0.5) is 0 Å². The summed E-state index contributed by atoms with van der Waals surface area (Å²) in [4.78, 5) is 0. The minimum Gasteiger partial charge on any atom is -0.491 e. The summed E-state index contributed by atoms with van der Waals surface area (Å²) in [7, 11) is 0. The molecule has 0 aromatic rings. The van der Waals surface area contributed by atoms with Crippen molar-refractivity contribution in [3.63, 3.8) is 0 Å². The second kappa shape index (κ2) is 5.83. The molecule has 1 rings (SSSR count). The Morgan fingerprint density at radius 1 is 1.45 bits per heavy atom. The van der Waals surface area contributed by atoms with E-state index in [1.54, 1.807) is 0 Å². The normalized spacial score (nSPS) is 22.8. The molecule has 0 unspecified atom stereocenters. The summed E-state index contributed by atoms with van der Waals surface area (Å²) in [5.74, 6) is 0.845. The van der Waals surface area contributed by atoms with Gasteiger partial charge >= 0.3 is 0 Å². The summed E-state index contributed by atoms with van der Waals surface area (Å²) < 4.78 is 5.17. The van der Waals surface area contributed by atoms with Crippen LogP contribution in [0.15, 0.2) is 23.6 Å². The van der Waals surface area contributed by atoms with Gasteiger partial charge in [0, 0.05) is 12.6 Å². The van der Waals surface area contributed by atoms with E-state index in [9.17, 15) is 0 Å². The molecule has 1 heterocycles. The van der Waals surface area contributed by atoms with Gasteiger partial charge in [-0.3, -0.25) is 0 Å². The molecule has 0 bridgehead atoms. The van der Waals surface area contributed by atoms with Crippen molar-refractivity contribution in [2.24, 2.45) is 5.73 Å². The van der Waals surface area contributed by atoms with Gasteiger partial charge in [0.1, 0.15) is 5.76 Å². The van der Waals surface area contributed by atoms with Gasteiger partial charge in [0.05, 0.1) is 6.61 Å². The molecule has 2 nitrogen and oxygen atoms in total. The maximum atomic E-state index is 5.27. The molecule has 11 heavy (non-hydrogen) atoms. The molecule has 0 atom stereocenters. The van der Waals surface area contributed by atoms with Gasteiger partial charge in [-0.2, -0.15) is 0 Å². The van der Waals surface area contributed by atoms with E-state index >= 15 is 0 Å². The molecule has 2 N–H and O–H groups in total. The van der Waals surface area contributed by atoms with Gasteiger partial charge in [-0.05, 0) is 12.5 Å². The maximum Gasteiger partial charge on any atom is 0.137 e. The quantitative estimate of drug-likeness (QED) is 0.582. The largest absolute Gasteiger partial charge is 0.491 e. The average molecular weight is 155 g/mol. The molecular weight excluding hydrogens is 138 g/mol. The third kappa shape index (κ3) is 2.66. The van der Waals surface area contributed by atoms with Crippen LogP contribution in [-0.2, 0) is 4.74 Å². The third-order valence-electron chi connectivity index (χ3n) is 1.45. The van der Waals surface area contributed by atoms with Crippen LogP contribution in [0, 0.1) is 0 Å². The zero-order chi connectivity index (χ0) is 8.69. The first-order valence-electron chi connectivity index (χ1n) is 4.08. The second-order valence-corrected chi connectivity index (χ2v) is 1.94. The van der Waals surface area contributed by atoms with Crippen LogP contribution >= 0.6 is 0 Å². The van der Waals surface area contributed by atoms with Crippen LogP contribution in [0.5, 0.6) is 0 Å². The summed E-state index contributed by atoms with van der Waals surface area (Å²) in [5, 5.41) is 0. The Morgan fingerprint density at radius 2 is 2.09 bits per heavy atom. The number of allylic oxidation sites excluding steroid dienone is 2. The van der Waals surface area contributed by atoms with E-state index in [1.807, 2.05) is 26.8 Å². The molecule has 0 amide bonds. The van der Waals surface area contributed by atoms with E-state index < -0.39 is 0 Å². The molecule has 0 spiro atoms. The fourth-order valence-corrected chi connectivity index (χ4v) is 0.929. The van der Waals surface area contributed by atoms with Crippen molar-refractivity contribution in [2.75, 3.05) is 6.61 Å². The lowest BCUT2D eigenvalue weighted by Gasteiger charge is -1.94. The first-order chi connectivity index (χ1) is 5.38. The van der Waals surface area contributed by atoms with E-state index in [-0.39, 0.29) is 0 Å². The Balaban J connectivity index is 0.000000461. The van der Waals surface area contributed by atoms with Gasteiger partial charge < -0.3 is 10.5 Å². The van der Waals surface area contributed by atoms with Crippen molar-refractivity contribution in [3.8, 4) is 0 Å². The maximum absolute atomic E-state index is 5.27. The van der Waals surface area contributed by atoms with Gasteiger partial charge in [-0.25, -0.2) is 0 Å². The molecule has 0 aromatic heterocycles. The van der Waals surface area contributed by atoms with Gasteiger partial charge in [0.2, 0.25) is 0 Å². The molecule has 1 aliphatic rings. The van der Waals surface area contributed by atoms with Crippen LogP contribution in [-0.4, -0.2) is 6.61 Å². The zero-order valence-electron chi connectivity index (χ0n) is 7.55. The summed E-state index contributed by atoms with van der Waals surface area (Å²) in [6, 6.07) is 0. The number of nitrogens with two attached hydrogens (primary N) is 1. The summed E-state index contributed by atoms with van der Waals surface area (Å²) in [6.45, 7) is 6.77. The number of hydrogen-bond donors (Lipinski definition) is 1. The lowest BCUT2D eigenvalue weighted by Crippen LogP contribution is -1.87. The molecule has 0 aromatic carbocycles. The topological polar surface area (TPSA) is 35.2 Å². The molecule has 64 valence electrons. The molecular formula is C9H17NO. The average Bonchev–Trinajstić information content (AvgIpc) is 2.54. The van der Waals surface area contributed by atoms with Gasteiger partial charge in [0.25, 0.3) is 0 Å². The van der Waals surface area contributed by atoms with Crippen molar-refractivity contribution < 1.29 is 4.74 Å². The highest BCUT2D eigenvalue weighted by Gasteiger charge is 2.11. The number of rotatable bonds is 0. The highest BCUT2D eigenvalue weighted by Crippen LogP contribution is 2.21. The lowest BCUT2D eigenvalue weighted by atomic mass is 10.2. The molecule has 1 fully saturated rings. The SMILES string of the molecule is C/C=C1/CCO/C1=C/N.CC. The Morgan fingerprint density at radius 3 is 2.45 bits per heavy atom. The fraction of sp³-hybridized carbons (Fsp3) is 0.556. The minimum absolute atomic E-state index is 0.780. The Bertz CT molecular complexity index is 141. The predicted molar refractivity (Wildman–Crippen MR) is 47.9 cm³/mol. The number of hydrogen-bond acceptors (Lipinski definition) is 2. The minimum atomic E-state index is 0.780. The summed E-state index contributed by atoms with van der Waals surface area (Å²) in [6.07, 6.45) is 4.55. The fourth-order valence-electron chi connectivity index (χ4n) is 0.929. The standard InChI is InChI=1S/C7H11NO.C2H6/c1-2-6-3-4-9-7(6)5-8;1-2/h2,5H,3-4,8H2,1H3;1-2H3/b6-2-,7-5+;. The third-order valence-corrected chi connectivity index (χ3v) is 1.45. The van der Waals surface area contributed by atoms with Crippen molar-refractivity contribution in [1.29, 1.82) is 0 Å². The van der Waals surface area contributed by atoms with Gasteiger partial charge in [0.15, 0.2) is 0 Å². The van der Waals surface area contributed by atoms with E-state index in [4.69, 9.17) is 10.5 Å². The van der Waals surface area contributed by atoms with Crippen molar-refractivity contribution in [2.45, 2.75) is 27.2 Å². The first-order valence-corrected chi connectivity index (χ1v) is 4.08. The summed E-state index contributed by atoms with van der Waals surface area (Å²) >= 11 is 0. The molecule has 0 saturated carbocycles. The van der Waals surface area contributed by atoms with Gasteiger partial charge in [-0.15, -0.1) is 0 Å². The van der Waals surface area contributed by atoms with Crippen LogP contribution in [0.1, 0.15) is 27.2 Å². The van der Waals surface area contributed by atoms with Crippen molar-refractivity contribution >= 4 is 0 Å². The molecule has 0 aliphatic carbocycles. The predicted octanol–water partition coefficient (Wildman–Crippen LogP) is 2.18. The Kier molecular flexibility index (Phi) is 5.35. The van der Waals surface area contributed by atoms with Crippen molar-refractivity contribution in [1.82, 2.24) is 0 Å². The number of ether oxygens (including phenoxy) is 1. The van der Waals surface area contributed by atoms with Crippen LogP contribution in [0.25, 0.3) is 0 Å². The molecule has 1 aliphatic heterocycles. The van der Waals surface area contributed by atoms with Crippen LogP contribution < -0.4 is 5.73 Å². The van der Waals surface area contributed by atoms with Crippen LogP contribution in [0.3, 0.4) is 0 Å². The van der Waals surface area contributed by atoms with Gasteiger partial charge in [-0.1, -0.05) is 19.9 Å². The monoisotopic (exact) mass is 155 g/mol. The molecule has 0 radical (unpaired) electrons. The highest BCUT2D eigenvalue weighted by atomic mass is 16.5. The van der Waals surface area contributed by atoms with E-state index in [1.165, 1.54) is 11.8 Å². The second-order valence-electron chi connectivity index (χ2n) is 1.94. The smallest absolute Gasteiger partial charge is 0.137 e. The van der Waals surface area contributed by atoms with E-state index in [2.05, 4.69) is 0 Å². The Hall–Kier alpha value is -0.920. The molecule has 2 heteroatoms. The van der Waals surface area contributed by atoms with Crippen LogP contribution in [0.2, 0.25) is 0 Å². The molecule has 1 saturated heterocycles. The van der Waals surface area contributed by atoms with E-state index in [0.717, 1.165) is 18.8 Å². The Labute approximate surface area is 68.7 Å². The van der Waals surface area contributed by atoms with Crippen molar-refractivity contribution in [3.05, 3.63) is 23.6 Å². The van der Waals surface area contributed by atoms with E-state index in [0.29, 0.717) is 0 Å². The zero-order valence-corrected chi connectivity index (χ0v) is 7.55. The highest BCUT2D eigenvalue weighted by molar-refractivity contribution is 5.27. The summed E-state index contributed by atoms with van der Waals surface area (Å²) in [5.41, 5.74) is 6.49.